The van der Waals surface area contributed by atoms with Crippen molar-refractivity contribution >= 4 is 35.9 Å². The molecule has 0 unspecified atom stereocenters. The Hall–Kier alpha value is -5.22. The monoisotopic (exact) mass is 808 g/mol. The number of carbonyl (C=O) groups is 6. The standard InChI is InChI=1S/2C21H28N2O6/c2*1-2-3-12-27-20-16(13-18(24)29-20)22-19(25)17-10-7-11-23(17)21(26)28-14-15-8-5-4-6-9-15/h2*4-6,8-9,16-17,20H,2-3,7,10-14H2,1H3,(H,22,25)/t16-,17-,20+;16-,17-,20-/m00/s1. The molecule has 16 heteroatoms. The molecule has 0 saturated carbocycles. The molecule has 0 spiro atoms. The number of amides is 4. The second-order valence-corrected chi connectivity index (χ2v) is 14.6. The van der Waals surface area contributed by atoms with E-state index < -0.39 is 60.9 Å². The number of nitrogens with zero attached hydrogens (tertiary/aromatic N) is 2. The number of rotatable bonds is 16. The zero-order valence-corrected chi connectivity index (χ0v) is 33.3. The average molecular weight is 809 g/mol. The molecule has 4 fully saturated rings. The number of hydrogen-bond acceptors (Lipinski definition) is 12. The van der Waals surface area contributed by atoms with E-state index >= 15 is 0 Å². The van der Waals surface area contributed by atoms with Crippen LogP contribution < -0.4 is 10.6 Å². The van der Waals surface area contributed by atoms with Crippen molar-refractivity contribution < 1.29 is 57.2 Å². The van der Waals surface area contributed by atoms with Crippen LogP contribution in [0.1, 0.15) is 89.2 Å². The van der Waals surface area contributed by atoms with E-state index in [1.165, 1.54) is 9.80 Å². The first-order valence-corrected chi connectivity index (χ1v) is 20.3. The lowest BCUT2D eigenvalue weighted by molar-refractivity contribution is -0.166. The molecule has 0 aromatic heterocycles. The van der Waals surface area contributed by atoms with Crippen molar-refractivity contribution in [2.45, 2.75) is 128 Å². The van der Waals surface area contributed by atoms with Crippen molar-refractivity contribution in [3.05, 3.63) is 71.8 Å². The van der Waals surface area contributed by atoms with Crippen molar-refractivity contribution in [1.82, 2.24) is 20.4 Å². The molecule has 4 heterocycles. The van der Waals surface area contributed by atoms with Crippen molar-refractivity contribution in [1.29, 1.82) is 0 Å². The first kappa shape index (κ1) is 43.9. The SMILES string of the molecule is CCCCO[C@@H]1OC(=O)C[C@@H]1NC(=O)[C@@H]1CCCN1C(=O)OCc1ccccc1.CCCCO[C@H]1OC(=O)C[C@@H]1NC(=O)[C@@H]1CCCN1C(=O)OCc1ccccc1. The lowest BCUT2D eigenvalue weighted by atomic mass is 10.1. The van der Waals surface area contributed by atoms with Crippen LogP contribution in [0.15, 0.2) is 60.7 Å². The van der Waals surface area contributed by atoms with Crippen LogP contribution in [0.2, 0.25) is 0 Å². The topological polar surface area (TPSA) is 188 Å². The summed E-state index contributed by atoms with van der Waals surface area (Å²) in [5, 5.41) is 5.66. The van der Waals surface area contributed by atoms with Crippen molar-refractivity contribution in [2.75, 3.05) is 26.3 Å². The van der Waals surface area contributed by atoms with Gasteiger partial charge >= 0.3 is 24.1 Å². The quantitative estimate of drug-likeness (QED) is 0.135. The van der Waals surface area contributed by atoms with E-state index in [4.69, 9.17) is 28.4 Å². The smallest absolute Gasteiger partial charge is 0.410 e. The molecule has 2 aromatic rings. The lowest BCUT2D eigenvalue weighted by Crippen LogP contribution is -2.51. The number of nitrogens with one attached hydrogen (secondary N) is 2. The zero-order valence-electron chi connectivity index (χ0n) is 33.3. The summed E-state index contributed by atoms with van der Waals surface area (Å²) in [6.45, 7) is 6.23. The molecule has 0 bridgehead atoms. The average Bonchev–Trinajstić information content (AvgIpc) is 4.05. The molecule has 4 saturated heterocycles. The Morgan fingerprint density at radius 3 is 1.41 bits per heavy atom. The van der Waals surface area contributed by atoms with Gasteiger partial charge < -0.3 is 39.1 Å². The summed E-state index contributed by atoms with van der Waals surface area (Å²) in [5.74, 6) is -1.43. The van der Waals surface area contributed by atoms with Gasteiger partial charge in [0.2, 0.25) is 24.4 Å². The molecule has 316 valence electrons. The van der Waals surface area contributed by atoms with Gasteiger partial charge in [-0.2, -0.15) is 0 Å². The van der Waals surface area contributed by atoms with E-state index in [1.54, 1.807) is 0 Å². The summed E-state index contributed by atoms with van der Waals surface area (Å²) in [7, 11) is 0. The third-order valence-electron chi connectivity index (χ3n) is 10.1. The molecule has 16 nitrogen and oxygen atoms in total. The van der Waals surface area contributed by atoms with Gasteiger partial charge in [0, 0.05) is 13.1 Å². The summed E-state index contributed by atoms with van der Waals surface area (Å²) in [5.41, 5.74) is 1.77. The zero-order chi connectivity index (χ0) is 41.3. The summed E-state index contributed by atoms with van der Waals surface area (Å²) in [6, 6.07) is 16.4. The Labute approximate surface area is 339 Å². The Morgan fingerprint density at radius 2 is 1.03 bits per heavy atom. The highest BCUT2D eigenvalue weighted by molar-refractivity contribution is 5.88. The van der Waals surface area contributed by atoms with Crippen LogP contribution in [0.5, 0.6) is 0 Å². The predicted molar refractivity (Wildman–Crippen MR) is 207 cm³/mol. The number of ether oxygens (including phenoxy) is 6. The van der Waals surface area contributed by atoms with Gasteiger partial charge in [-0.25, -0.2) is 9.59 Å². The van der Waals surface area contributed by atoms with Crippen LogP contribution in [0.4, 0.5) is 9.59 Å². The Morgan fingerprint density at radius 1 is 0.638 bits per heavy atom. The lowest BCUT2D eigenvalue weighted by Gasteiger charge is -2.26. The number of unbranched alkanes of at least 4 members (excludes halogenated alkanes) is 2. The van der Waals surface area contributed by atoms with Crippen LogP contribution >= 0.6 is 0 Å². The summed E-state index contributed by atoms with van der Waals surface area (Å²) in [4.78, 5) is 76.7. The van der Waals surface area contributed by atoms with Gasteiger partial charge in [0.25, 0.3) is 0 Å². The molecule has 2 aromatic carbocycles. The van der Waals surface area contributed by atoms with Crippen LogP contribution in [-0.2, 0) is 60.8 Å². The highest BCUT2D eigenvalue weighted by Gasteiger charge is 2.42. The van der Waals surface area contributed by atoms with Crippen molar-refractivity contribution in [2.24, 2.45) is 0 Å². The van der Waals surface area contributed by atoms with Gasteiger partial charge in [-0.05, 0) is 49.7 Å². The molecule has 58 heavy (non-hydrogen) atoms. The predicted octanol–water partition coefficient (Wildman–Crippen LogP) is 4.72. The van der Waals surface area contributed by atoms with Crippen LogP contribution in [0.3, 0.4) is 0 Å². The minimum Gasteiger partial charge on any atom is -0.445 e. The third-order valence-corrected chi connectivity index (χ3v) is 10.1. The van der Waals surface area contributed by atoms with Gasteiger partial charge in [0.15, 0.2) is 0 Å². The molecule has 0 aliphatic carbocycles. The van der Waals surface area contributed by atoms with Gasteiger partial charge in [-0.3, -0.25) is 29.0 Å². The van der Waals surface area contributed by atoms with E-state index in [-0.39, 0.29) is 37.9 Å². The van der Waals surface area contributed by atoms with Gasteiger partial charge in [0.1, 0.15) is 37.4 Å². The maximum Gasteiger partial charge on any atom is 0.410 e. The van der Waals surface area contributed by atoms with E-state index in [9.17, 15) is 28.8 Å². The summed E-state index contributed by atoms with van der Waals surface area (Å²) in [6.07, 6.45) is 3.68. The van der Waals surface area contributed by atoms with E-state index in [0.717, 1.165) is 49.7 Å². The molecule has 6 rings (SSSR count). The second-order valence-electron chi connectivity index (χ2n) is 14.6. The number of carbonyl (C=O) groups excluding carboxylic acids is 6. The number of esters is 2. The normalized spacial score (nSPS) is 23.7. The maximum absolute atomic E-state index is 12.8. The van der Waals surface area contributed by atoms with Gasteiger partial charge in [0.05, 0.1) is 26.1 Å². The van der Waals surface area contributed by atoms with Gasteiger partial charge in [-0.1, -0.05) is 87.4 Å². The third kappa shape index (κ3) is 12.9. The molecule has 0 radical (unpaired) electrons. The fourth-order valence-electron chi connectivity index (χ4n) is 6.98. The van der Waals surface area contributed by atoms with Crippen LogP contribution in [0.25, 0.3) is 0 Å². The number of cyclic esters (lactones) is 2. The highest BCUT2D eigenvalue weighted by Crippen LogP contribution is 2.24. The first-order chi connectivity index (χ1) is 28.2. The van der Waals surface area contributed by atoms with Gasteiger partial charge in [-0.15, -0.1) is 0 Å². The van der Waals surface area contributed by atoms with Crippen molar-refractivity contribution in [3.63, 3.8) is 0 Å². The number of likely N-dealkylation sites (tertiary alicyclic amines) is 2. The minimum absolute atomic E-state index is 0.0632. The fraction of sp³-hybridized carbons (Fsp3) is 0.571. The van der Waals surface area contributed by atoms with E-state index in [1.807, 2.05) is 74.5 Å². The van der Waals surface area contributed by atoms with Crippen LogP contribution in [0, 0.1) is 0 Å². The Kier molecular flexibility index (Phi) is 17.1. The van der Waals surface area contributed by atoms with E-state index in [0.29, 0.717) is 39.1 Å². The second kappa shape index (κ2) is 22.6. The molecule has 6 atom stereocenters. The molecule has 4 aliphatic rings. The Balaban J connectivity index is 0.000000221. The molecule has 4 aliphatic heterocycles. The van der Waals surface area contributed by atoms with Crippen LogP contribution in [-0.4, -0.2) is 109 Å². The molecule has 2 N–H and O–H groups in total. The van der Waals surface area contributed by atoms with E-state index in [2.05, 4.69) is 10.6 Å². The fourth-order valence-corrected chi connectivity index (χ4v) is 6.98. The first-order valence-electron chi connectivity index (χ1n) is 20.3. The molecule has 4 amide bonds. The minimum atomic E-state index is -0.780. The summed E-state index contributed by atoms with van der Waals surface area (Å²) >= 11 is 0. The molecular weight excluding hydrogens is 752 g/mol. The number of hydrogen-bond donors (Lipinski definition) is 2. The largest absolute Gasteiger partial charge is 0.445 e. The summed E-state index contributed by atoms with van der Waals surface area (Å²) < 4.78 is 32.2. The highest BCUT2D eigenvalue weighted by atomic mass is 16.7. The Bertz CT molecular complexity index is 1540. The molecular formula is C42H56N4O12. The number of benzene rings is 2. The maximum atomic E-state index is 12.8. The van der Waals surface area contributed by atoms with Crippen molar-refractivity contribution in [3.8, 4) is 0 Å².